The van der Waals surface area contributed by atoms with Crippen LogP contribution in [0.15, 0.2) is 24.3 Å². The van der Waals surface area contributed by atoms with Crippen LogP contribution in [0.2, 0.25) is 5.02 Å². The number of urea groups is 1. The second-order valence-electron chi connectivity index (χ2n) is 4.39. The van der Waals surface area contributed by atoms with Gasteiger partial charge >= 0.3 is 6.03 Å². The summed E-state index contributed by atoms with van der Waals surface area (Å²) in [5, 5.41) is 6.21. The highest BCUT2D eigenvalue weighted by atomic mass is 35.5. The Morgan fingerprint density at radius 2 is 1.95 bits per heavy atom. The summed E-state index contributed by atoms with van der Waals surface area (Å²) in [6.07, 6.45) is -0.236. The maximum Gasteiger partial charge on any atom is 0.315 e. The van der Waals surface area contributed by atoms with E-state index in [1.165, 1.54) is 0 Å². The first-order chi connectivity index (χ1) is 9.58. The van der Waals surface area contributed by atoms with Gasteiger partial charge in [0.05, 0.1) is 12.6 Å². The van der Waals surface area contributed by atoms with Gasteiger partial charge < -0.3 is 20.1 Å². The lowest BCUT2D eigenvalue weighted by Crippen LogP contribution is -2.44. The van der Waals surface area contributed by atoms with Crippen LogP contribution < -0.4 is 10.6 Å². The first kappa shape index (κ1) is 16.8. The zero-order chi connectivity index (χ0) is 15.0. The SMILES string of the molecule is COCCNC(=O)N[C@@H](C)[C@@H](OC)c1ccc(Cl)cc1. The summed E-state index contributed by atoms with van der Waals surface area (Å²) in [4.78, 5) is 11.7. The molecule has 0 radical (unpaired) electrons. The van der Waals surface area contributed by atoms with Crippen molar-refractivity contribution >= 4 is 17.6 Å². The third kappa shape index (κ3) is 5.36. The standard InChI is InChI=1S/C14H21ClN2O3/c1-10(17-14(18)16-8-9-19-2)13(20-3)11-4-6-12(15)7-5-11/h4-7,10,13H,8-9H2,1-3H3,(H2,16,17,18)/t10-,13+/m0/s1. The number of rotatable bonds is 7. The van der Waals surface area contributed by atoms with Crippen molar-refractivity contribution in [2.75, 3.05) is 27.4 Å². The van der Waals surface area contributed by atoms with Gasteiger partial charge in [0, 0.05) is 25.8 Å². The second-order valence-corrected chi connectivity index (χ2v) is 4.83. The zero-order valence-electron chi connectivity index (χ0n) is 12.0. The van der Waals surface area contributed by atoms with Gasteiger partial charge in [-0.25, -0.2) is 4.79 Å². The summed E-state index contributed by atoms with van der Waals surface area (Å²) in [6, 6.07) is 6.95. The van der Waals surface area contributed by atoms with Crippen molar-refractivity contribution in [1.29, 1.82) is 0 Å². The van der Waals surface area contributed by atoms with E-state index in [-0.39, 0.29) is 18.2 Å². The summed E-state index contributed by atoms with van der Waals surface area (Å²) in [7, 11) is 3.20. The van der Waals surface area contributed by atoms with Crippen molar-refractivity contribution in [2.45, 2.75) is 19.1 Å². The Morgan fingerprint density at radius 1 is 1.30 bits per heavy atom. The van der Waals surface area contributed by atoms with E-state index in [2.05, 4.69) is 10.6 Å². The van der Waals surface area contributed by atoms with Crippen LogP contribution in [0.5, 0.6) is 0 Å². The zero-order valence-corrected chi connectivity index (χ0v) is 12.7. The lowest BCUT2D eigenvalue weighted by Gasteiger charge is -2.24. The van der Waals surface area contributed by atoms with Crippen LogP contribution in [0.1, 0.15) is 18.6 Å². The molecule has 2 amide bonds. The quantitative estimate of drug-likeness (QED) is 0.760. The first-order valence-corrected chi connectivity index (χ1v) is 6.77. The van der Waals surface area contributed by atoms with Crippen molar-refractivity contribution in [2.24, 2.45) is 0 Å². The van der Waals surface area contributed by atoms with Crippen LogP contribution in [0.3, 0.4) is 0 Å². The summed E-state index contributed by atoms with van der Waals surface area (Å²) in [6.45, 7) is 2.83. The molecule has 1 aromatic carbocycles. The molecule has 2 atom stereocenters. The molecule has 0 heterocycles. The fraction of sp³-hybridized carbons (Fsp3) is 0.500. The number of hydrogen-bond acceptors (Lipinski definition) is 3. The highest BCUT2D eigenvalue weighted by Crippen LogP contribution is 2.22. The molecule has 0 bridgehead atoms. The van der Waals surface area contributed by atoms with Crippen molar-refractivity contribution in [1.82, 2.24) is 10.6 Å². The molecule has 0 saturated heterocycles. The predicted molar refractivity (Wildman–Crippen MR) is 79.1 cm³/mol. The van der Waals surface area contributed by atoms with E-state index in [1.807, 2.05) is 19.1 Å². The Morgan fingerprint density at radius 3 is 2.50 bits per heavy atom. The molecule has 0 fully saturated rings. The molecule has 0 saturated carbocycles. The number of benzene rings is 1. The first-order valence-electron chi connectivity index (χ1n) is 6.40. The number of amides is 2. The Hall–Kier alpha value is -1.30. The molecule has 1 aromatic rings. The summed E-state index contributed by atoms with van der Waals surface area (Å²) in [5.74, 6) is 0. The Bertz CT molecular complexity index is 411. The fourth-order valence-electron chi connectivity index (χ4n) is 1.88. The smallest absolute Gasteiger partial charge is 0.315 e. The van der Waals surface area contributed by atoms with Gasteiger partial charge in [-0.05, 0) is 24.6 Å². The predicted octanol–water partition coefficient (Wildman–Crippen LogP) is 2.36. The second kappa shape index (κ2) is 8.79. The van der Waals surface area contributed by atoms with Crippen LogP contribution in [0.25, 0.3) is 0 Å². The minimum absolute atomic E-state index is 0.177. The third-order valence-electron chi connectivity index (χ3n) is 2.86. The monoisotopic (exact) mass is 300 g/mol. The molecule has 0 aliphatic heterocycles. The van der Waals surface area contributed by atoms with Crippen LogP contribution in [-0.2, 0) is 9.47 Å². The average Bonchev–Trinajstić information content (AvgIpc) is 2.42. The van der Waals surface area contributed by atoms with E-state index in [9.17, 15) is 4.79 Å². The normalized spacial score (nSPS) is 13.6. The third-order valence-corrected chi connectivity index (χ3v) is 3.11. The summed E-state index contributed by atoms with van der Waals surface area (Å²) < 4.78 is 10.3. The van der Waals surface area contributed by atoms with E-state index >= 15 is 0 Å². The Balaban J connectivity index is 2.56. The number of methoxy groups -OCH3 is 2. The van der Waals surface area contributed by atoms with Crippen molar-refractivity contribution < 1.29 is 14.3 Å². The molecule has 1 rings (SSSR count). The van der Waals surface area contributed by atoms with Gasteiger partial charge in [-0.15, -0.1) is 0 Å². The van der Waals surface area contributed by atoms with Gasteiger partial charge in [-0.3, -0.25) is 0 Å². The van der Waals surface area contributed by atoms with Crippen molar-refractivity contribution in [3.63, 3.8) is 0 Å². The molecule has 6 heteroatoms. The maximum atomic E-state index is 11.7. The molecule has 0 aliphatic carbocycles. The molecular weight excluding hydrogens is 280 g/mol. The van der Waals surface area contributed by atoms with E-state index in [0.29, 0.717) is 18.2 Å². The molecule has 0 aromatic heterocycles. The van der Waals surface area contributed by atoms with Gasteiger partial charge in [0.1, 0.15) is 6.10 Å². The number of carbonyl (C=O) groups is 1. The molecular formula is C14H21ClN2O3. The van der Waals surface area contributed by atoms with Crippen LogP contribution in [-0.4, -0.2) is 39.4 Å². The van der Waals surface area contributed by atoms with Crippen molar-refractivity contribution in [3.05, 3.63) is 34.9 Å². The molecule has 0 unspecified atom stereocenters. The average molecular weight is 301 g/mol. The minimum Gasteiger partial charge on any atom is -0.383 e. The lowest BCUT2D eigenvalue weighted by molar-refractivity contribution is 0.0761. The maximum absolute atomic E-state index is 11.7. The van der Waals surface area contributed by atoms with E-state index < -0.39 is 0 Å². The Kier molecular flexibility index (Phi) is 7.36. The molecule has 5 nitrogen and oxygen atoms in total. The highest BCUT2D eigenvalue weighted by molar-refractivity contribution is 6.30. The van der Waals surface area contributed by atoms with Gasteiger partial charge in [-0.2, -0.15) is 0 Å². The van der Waals surface area contributed by atoms with Crippen molar-refractivity contribution in [3.8, 4) is 0 Å². The van der Waals surface area contributed by atoms with Gasteiger partial charge in [0.15, 0.2) is 0 Å². The number of nitrogens with one attached hydrogen (secondary N) is 2. The van der Waals surface area contributed by atoms with Crippen LogP contribution >= 0.6 is 11.6 Å². The lowest BCUT2D eigenvalue weighted by atomic mass is 10.0. The van der Waals surface area contributed by atoms with E-state index in [4.69, 9.17) is 21.1 Å². The Labute approximate surface area is 124 Å². The van der Waals surface area contributed by atoms with Gasteiger partial charge in [-0.1, -0.05) is 23.7 Å². The molecule has 112 valence electrons. The van der Waals surface area contributed by atoms with Crippen LogP contribution in [0.4, 0.5) is 4.79 Å². The minimum atomic E-state index is -0.245. The summed E-state index contributed by atoms with van der Waals surface area (Å²) >= 11 is 5.86. The topological polar surface area (TPSA) is 59.6 Å². The fourth-order valence-corrected chi connectivity index (χ4v) is 2.01. The van der Waals surface area contributed by atoms with Crippen LogP contribution in [0, 0.1) is 0 Å². The number of hydrogen-bond donors (Lipinski definition) is 2. The highest BCUT2D eigenvalue weighted by Gasteiger charge is 2.20. The number of ether oxygens (including phenoxy) is 2. The molecule has 2 N–H and O–H groups in total. The number of halogens is 1. The van der Waals surface area contributed by atoms with E-state index in [0.717, 1.165) is 5.56 Å². The molecule has 20 heavy (non-hydrogen) atoms. The molecule has 0 spiro atoms. The summed E-state index contributed by atoms with van der Waals surface area (Å²) in [5.41, 5.74) is 0.960. The van der Waals surface area contributed by atoms with E-state index in [1.54, 1.807) is 26.4 Å². The van der Waals surface area contributed by atoms with Gasteiger partial charge in [0.25, 0.3) is 0 Å². The largest absolute Gasteiger partial charge is 0.383 e. The van der Waals surface area contributed by atoms with Gasteiger partial charge in [0.2, 0.25) is 0 Å². The number of carbonyl (C=O) groups excluding carboxylic acids is 1. The molecule has 0 aliphatic rings.